The predicted octanol–water partition coefficient (Wildman–Crippen LogP) is 3.68. The first-order valence-corrected chi connectivity index (χ1v) is 9.96. The van der Waals surface area contributed by atoms with Crippen LogP contribution in [0.25, 0.3) is 0 Å². The van der Waals surface area contributed by atoms with Gasteiger partial charge in [0.15, 0.2) is 0 Å². The molecule has 1 saturated heterocycles. The van der Waals surface area contributed by atoms with Gasteiger partial charge in [0.1, 0.15) is 0 Å². The van der Waals surface area contributed by atoms with Crippen molar-refractivity contribution in [2.24, 2.45) is 0 Å². The Balaban J connectivity index is 2.16. The van der Waals surface area contributed by atoms with Crippen molar-refractivity contribution in [2.45, 2.75) is 95.5 Å². The van der Waals surface area contributed by atoms with E-state index in [-0.39, 0.29) is 18.2 Å². The van der Waals surface area contributed by atoms with Crippen molar-refractivity contribution in [2.75, 3.05) is 7.11 Å². The van der Waals surface area contributed by atoms with Crippen molar-refractivity contribution >= 4 is 5.97 Å². The minimum Gasteiger partial charge on any atom is -0.469 e. The monoisotopic (exact) mass is 368 g/mol. The number of allylic oxidation sites excluding steroid dienone is 3. The normalized spacial score (nSPS) is 24.5. The van der Waals surface area contributed by atoms with E-state index >= 15 is 0 Å². The molecule has 5 heteroatoms. The summed E-state index contributed by atoms with van der Waals surface area (Å²) >= 11 is 0. The van der Waals surface area contributed by atoms with E-state index in [1.54, 1.807) is 0 Å². The smallest absolute Gasteiger partial charge is 0.305 e. The highest BCUT2D eigenvalue weighted by atomic mass is 16.5. The maximum absolute atomic E-state index is 11.0. The summed E-state index contributed by atoms with van der Waals surface area (Å²) in [6, 6.07) is 0. The van der Waals surface area contributed by atoms with Crippen LogP contribution in [0.3, 0.4) is 0 Å². The average molecular weight is 369 g/mol. The Kier molecular flexibility index (Phi) is 12.3. The molecule has 26 heavy (non-hydrogen) atoms. The van der Waals surface area contributed by atoms with Gasteiger partial charge < -0.3 is 19.7 Å². The van der Waals surface area contributed by atoms with Crippen molar-refractivity contribution < 1.29 is 24.5 Å². The molecule has 0 bridgehead atoms. The lowest BCUT2D eigenvalue weighted by molar-refractivity contribution is -0.140. The summed E-state index contributed by atoms with van der Waals surface area (Å²) in [5, 5.41) is 20.3. The van der Waals surface area contributed by atoms with Gasteiger partial charge in [-0.3, -0.25) is 4.79 Å². The zero-order valence-electron chi connectivity index (χ0n) is 16.3. The second kappa shape index (κ2) is 14.0. The summed E-state index contributed by atoms with van der Waals surface area (Å²) in [5.74, 6) is -0.165. The summed E-state index contributed by atoms with van der Waals surface area (Å²) in [7, 11) is 1.41. The number of esters is 1. The predicted molar refractivity (Wildman–Crippen MR) is 103 cm³/mol. The van der Waals surface area contributed by atoms with Crippen LogP contribution in [-0.2, 0) is 14.3 Å². The van der Waals surface area contributed by atoms with Gasteiger partial charge in [-0.2, -0.15) is 0 Å². The summed E-state index contributed by atoms with van der Waals surface area (Å²) < 4.78 is 10.4. The highest BCUT2D eigenvalue weighted by Gasteiger charge is 2.36. The van der Waals surface area contributed by atoms with Crippen LogP contribution < -0.4 is 0 Å². The first-order chi connectivity index (χ1) is 12.6. The van der Waals surface area contributed by atoms with Gasteiger partial charge in [-0.1, -0.05) is 50.5 Å². The van der Waals surface area contributed by atoms with Crippen LogP contribution in [-0.4, -0.2) is 47.7 Å². The Labute approximate surface area is 158 Å². The van der Waals surface area contributed by atoms with Crippen LogP contribution in [0.2, 0.25) is 0 Å². The van der Waals surface area contributed by atoms with Crippen LogP contribution in [0.1, 0.15) is 71.1 Å². The van der Waals surface area contributed by atoms with Crippen LogP contribution in [0.4, 0.5) is 0 Å². The minimum atomic E-state index is -0.501. The fourth-order valence-electron chi connectivity index (χ4n) is 3.10. The molecule has 1 fully saturated rings. The van der Waals surface area contributed by atoms with Crippen LogP contribution >= 0.6 is 0 Å². The molecule has 0 aromatic carbocycles. The first kappa shape index (κ1) is 22.9. The quantitative estimate of drug-likeness (QED) is 0.295. The van der Waals surface area contributed by atoms with Gasteiger partial charge in [0, 0.05) is 12.8 Å². The molecule has 4 atom stereocenters. The van der Waals surface area contributed by atoms with Crippen molar-refractivity contribution in [3.05, 3.63) is 24.3 Å². The van der Waals surface area contributed by atoms with Gasteiger partial charge in [0.25, 0.3) is 0 Å². The number of aliphatic hydroxyl groups is 2. The molecular weight excluding hydrogens is 332 g/mol. The Morgan fingerprint density at radius 1 is 1.23 bits per heavy atom. The number of carbonyl (C=O) groups excluding carboxylic acids is 1. The molecule has 2 N–H and O–H groups in total. The van der Waals surface area contributed by atoms with Crippen molar-refractivity contribution in [1.82, 2.24) is 0 Å². The highest BCUT2D eigenvalue weighted by Crippen LogP contribution is 2.27. The Morgan fingerprint density at radius 3 is 2.73 bits per heavy atom. The molecule has 1 heterocycles. The first-order valence-electron chi connectivity index (χ1n) is 9.96. The number of aliphatic hydroxyl groups excluding tert-OH is 2. The van der Waals surface area contributed by atoms with Gasteiger partial charge in [-0.25, -0.2) is 0 Å². The van der Waals surface area contributed by atoms with E-state index in [9.17, 15) is 15.0 Å². The van der Waals surface area contributed by atoms with Gasteiger partial charge in [0.2, 0.25) is 0 Å². The lowest BCUT2D eigenvalue weighted by atomic mass is 10.0. The number of hydrogen-bond acceptors (Lipinski definition) is 5. The lowest BCUT2D eigenvalue weighted by Gasteiger charge is -2.18. The summed E-state index contributed by atoms with van der Waals surface area (Å²) in [4.78, 5) is 11.0. The summed E-state index contributed by atoms with van der Waals surface area (Å²) in [5.41, 5.74) is 0. The molecule has 0 aromatic heterocycles. The number of methoxy groups -OCH3 is 1. The van der Waals surface area contributed by atoms with E-state index in [1.807, 2.05) is 6.08 Å². The van der Waals surface area contributed by atoms with Gasteiger partial charge in [0.05, 0.1) is 31.5 Å². The van der Waals surface area contributed by atoms with Gasteiger partial charge in [-0.05, 0) is 32.1 Å². The zero-order chi connectivity index (χ0) is 19.2. The van der Waals surface area contributed by atoms with Crippen molar-refractivity contribution in [3.8, 4) is 0 Å². The summed E-state index contributed by atoms with van der Waals surface area (Å²) in [6.45, 7) is 2.14. The molecule has 1 aliphatic heterocycles. The molecule has 0 saturated carbocycles. The number of rotatable bonds is 13. The van der Waals surface area contributed by atoms with Crippen LogP contribution in [0.5, 0.6) is 0 Å². The average Bonchev–Trinajstić information content (AvgIpc) is 3.01. The molecule has 2 unspecified atom stereocenters. The third-order valence-electron chi connectivity index (χ3n) is 4.74. The molecule has 0 amide bonds. The Hall–Kier alpha value is -1.17. The third kappa shape index (κ3) is 9.51. The number of hydrogen-bond donors (Lipinski definition) is 2. The second-order valence-electron chi connectivity index (χ2n) is 6.96. The SMILES string of the molecule is CCCCCC(O)C1C[C@H](O)[C@H](C/C=C\C/C=C\CCCC(=O)OC)O1. The summed E-state index contributed by atoms with van der Waals surface area (Å²) in [6.07, 6.45) is 14.9. The van der Waals surface area contributed by atoms with Gasteiger partial charge in [-0.15, -0.1) is 0 Å². The maximum atomic E-state index is 11.0. The maximum Gasteiger partial charge on any atom is 0.305 e. The topological polar surface area (TPSA) is 76.0 Å². The highest BCUT2D eigenvalue weighted by molar-refractivity contribution is 5.69. The van der Waals surface area contributed by atoms with E-state index in [1.165, 1.54) is 7.11 Å². The van der Waals surface area contributed by atoms with Crippen molar-refractivity contribution in [1.29, 1.82) is 0 Å². The number of ether oxygens (including phenoxy) is 2. The molecule has 0 radical (unpaired) electrons. The minimum absolute atomic E-state index is 0.165. The van der Waals surface area contributed by atoms with Crippen LogP contribution in [0, 0.1) is 0 Å². The molecule has 1 aliphatic rings. The molecule has 5 nitrogen and oxygen atoms in total. The van der Waals surface area contributed by atoms with Crippen molar-refractivity contribution in [3.63, 3.8) is 0 Å². The van der Waals surface area contributed by atoms with Gasteiger partial charge >= 0.3 is 5.97 Å². The Bertz CT molecular complexity index is 432. The molecule has 0 spiro atoms. The zero-order valence-corrected chi connectivity index (χ0v) is 16.3. The molecule has 0 aliphatic carbocycles. The van der Waals surface area contributed by atoms with E-state index in [2.05, 4.69) is 29.9 Å². The van der Waals surface area contributed by atoms with Crippen LogP contribution in [0.15, 0.2) is 24.3 Å². The number of carbonyl (C=O) groups is 1. The molecule has 150 valence electrons. The standard InChI is InChI=1S/C21H36O5/c1-3-4-10-13-17(22)20-16-18(23)19(26-20)14-11-8-6-5-7-9-12-15-21(24)25-2/h5,7-8,11,17-20,22-23H,3-4,6,9-10,12-16H2,1-2H3/b7-5-,11-8-/t17?,18-,19-,20?/m0/s1. The lowest BCUT2D eigenvalue weighted by Crippen LogP contribution is -2.26. The second-order valence-corrected chi connectivity index (χ2v) is 6.96. The van der Waals surface area contributed by atoms with E-state index in [4.69, 9.17) is 4.74 Å². The van der Waals surface area contributed by atoms with E-state index in [0.29, 0.717) is 19.3 Å². The molecular formula is C21H36O5. The van der Waals surface area contributed by atoms with E-state index in [0.717, 1.165) is 44.9 Å². The fourth-order valence-corrected chi connectivity index (χ4v) is 3.10. The number of unbranched alkanes of at least 4 members (excludes halogenated alkanes) is 3. The third-order valence-corrected chi connectivity index (χ3v) is 4.74. The molecule has 0 aromatic rings. The van der Waals surface area contributed by atoms with E-state index < -0.39 is 12.2 Å². The Morgan fingerprint density at radius 2 is 2.00 bits per heavy atom. The fraction of sp³-hybridized carbons (Fsp3) is 0.762. The molecule has 1 rings (SSSR count). The largest absolute Gasteiger partial charge is 0.469 e.